The molecule has 0 fully saturated rings. The molecule has 0 spiro atoms. The normalized spacial score (nSPS) is 11.7. The minimum atomic E-state index is -4.79. The molecular weight excluding hydrogens is 595 g/mol. The molecule has 0 unspecified atom stereocenters. The number of allylic oxidation sites excluding steroid dienone is 3. The van der Waals surface area contributed by atoms with Gasteiger partial charge in [0.2, 0.25) is 11.0 Å². The number of aldehydes is 1. The lowest BCUT2D eigenvalue weighted by Crippen LogP contribution is -2.17. The molecule has 0 bridgehead atoms. The molecule has 0 aliphatic rings. The van der Waals surface area contributed by atoms with E-state index in [9.17, 15) is 22.8 Å². The first-order valence-corrected chi connectivity index (χ1v) is 13.8. The third kappa shape index (κ3) is 13.9. The molecule has 0 saturated heterocycles. The number of benzene rings is 1. The maximum absolute atomic E-state index is 12.0. The first-order valence-electron chi connectivity index (χ1n) is 12.6. The fraction of sp³-hybridized carbons (Fsp3) is 0.296. The maximum Gasteiger partial charge on any atom is 0.573 e. The van der Waals surface area contributed by atoms with E-state index < -0.39 is 12.1 Å². The van der Waals surface area contributed by atoms with Gasteiger partial charge in [-0.1, -0.05) is 35.1 Å². The highest BCUT2D eigenvalue weighted by Gasteiger charge is 2.32. The Hall–Kier alpha value is -4.17. The number of ether oxygens (including phenoxy) is 1. The van der Waals surface area contributed by atoms with Crippen molar-refractivity contribution in [2.75, 3.05) is 12.4 Å². The number of nitrogens with zero attached hydrogens (tertiary/aromatic N) is 3. The number of rotatable bonds is 13. The summed E-state index contributed by atoms with van der Waals surface area (Å²) in [4.78, 5) is 26.3. The predicted octanol–water partition coefficient (Wildman–Crippen LogP) is 4.67. The number of aryl methyl sites for hydroxylation is 1. The molecule has 0 radical (unpaired) electrons. The van der Waals surface area contributed by atoms with Crippen molar-refractivity contribution in [2.24, 2.45) is 11.5 Å². The molecule has 2 aromatic heterocycles. The van der Waals surface area contributed by atoms with Gasteiger partial charge in [-0.15, -0.1) is 23.4 Å². The molecule has 15 heteroatoms. The number of nitrogens with one attached hydrogen (secondary N) is 2. The third-order valence-electron chi connectivity index (χ3n) is 5.19. The zero-order valence-electron chi connectivity index (χ0n) is 22.7. The van der Waals surface area contributed by atoms with Gasteiger partial charge >= 0.3 is 6.36 Å². The van der Waals surface area contributed by atoms with E-state index >= 15 is 0 Å². The van der Waals surface area contributed by atoms with E-state index in [1.165, 1.54) is 23.5 Å². The highest BCUT2D eigenvalue weighted by atomic mass is 35.5. The molecule has 1 aromatic carbocycles. The molecule has 3 aromatic rings. The Balaban J connectivity index is 0.000000347. The topological polar surface area (TPSA) is 158 Å². The van der Waals surface area contributed by atoms with Crippen LogP contribution in [0.3, 0.4) is 0 Å². The van der Waals surface area contributed by atoms with Crippen molar-refractivity contribution in [1.82, 2.24) is 20.5 Å². The summed E-state index contributed by atoms with van der Waals surface area (Å²) in [7, 11) is 1.76. The van der Waals surface area contributed by atoms with Gasteiger partial charge < -0.3 is 31.6 Å². The van der Waals surface area contributed by atoms with E-state index in [0.29, 0.717) is 22.8 Å². The smallest absolute Gasteiger partial charge is 0.404 e. The summed E-state index contributed by atoms with van der Waals surface area (Å²) in [6, 6.07) is 9.28. The van der Waals surface area contributed by atoms with Crippen LogP contribution in [0.5, 0.6) is 5.75 Å². The molecule has 0 aliphatic carbocycles. The van der Waals surface area contributed by atoms with E-state index in [0.717, 1.165) is 48.1 Å². The Kier molecular flexibility index (Phi) is 14.3. The number of hydrogen-bond donors (Lipinski definition) is 4. The SMILES string of the molecule is CN/C(N)=C/C=C(\N)CCCCc1nnc(NC(=O)Cc2ccccn2)s1.O=CCc1ccc(Cl)c(OC(F)(F)F)c1. The minimum Gasteiger partial charge on any atom is -0.404 e. The number of hydrogen-bond acceptors (Lipinski definition) is 10. The number of carbonyl (C=O) groups excluding carboxylic acids is 2. The van der Waals surface area contributed by atoms with E-state index in [2.05, 4.69) is 30.6 Å². The third-order valence-corrected chi connectivity index (χ3v) is 6.40. The van der Waals surface area contributed by atoms with Gasteiger partial charge in [0.1, 0.15) is 17.0 Å². The van der Waals surface area contributed by atoms with Crippen molar-refractivity contribution in [1.29, 1.82) is 0 Å². The van der Waals surface area contributed by atoms with Crippen molar-refractivity contribution in [3.05, 3.63) is 87.6 Å². The summed E-state index contributed by atoms with van der Waals surface area (Å²) in [5.74, 6) is -0.0730. The largest absolute Gasteiger partial charge is 0.573 e. The molecule has 226 valence electrons. The number of alkyl halides is 3. The molecule has 0 atom stereocenters. The first-order chi connectivity index (χ1) is 20.0. The van der Waals surface area contributed by atoms with Crippen LogP contribution in [-0.2, 0) is 28.9 Å². The summed E-state index contributed by atoms with van der Waals surface area (Å²) >= 11 is 6.88. The lowest BCUT2D eigenvalue weighted by molar-refractivity contribution is -0.274. The Bertz CT molecular complexity index is 1350. The van der Waals surface area contributed by atoms with Crippen LogP contribution in [0.25, 0.3) is 0 Å². The molecule has 0 saturated carbocycles. The summed E-state index contributed by atoms with van der Waals surface area (Å²) in [6.07, 6.45) is 4.73. The van der Waals surface area contributed by atoms with Crippen LogP contribution >= 0.6 is 22.9 Å². The standard InChI is InChI=1S/C18H25N7OS.C9H6ClF3O2/c1-21-15(20)10-9-13(19)6-2-3-8-17-24-25-18(27-17)23-16(26)12-14-7-4-5-11-22-14;10-7-2-1-6(3-4-14)5-8(7)15-9(11,12)13/h4-5,7,9-11,21H,2-3,6,8,12,19-20H2,1H3,(H,23,25,26);1-2,4-5H,3H2/b13-9-,15-10+;. The van der Waals surface area contributed by atoms with Crippen LogP contribution in [0.4, 0.5) is 18.3 Å². The zero-order chi connectivity index (χ0) is 31.0. The van der Waals surface area contributed by atoms with Crippen molar-refractivity contribution in [2.45, 2.75) is 44.9 Å². The average Bonchev–Trinajstić information content (AvgIpc) is 3.38. The Labute approximate surface area is 250 Å². The summed E-state index contributed by atoms with van der Waals surface area (Å²) in [5.41, 5.74) is 13.5. The number of carbonyl (C=O) groups is 2. The van der Waals surface area contributed by atoms with Crippen LogP contribution in [-0.4, -0.2) is 40.8 Å². The Morgan fingerprint density at radius 3 is 2.60 bits per heavy atom. The number of unbranched alkanes of at least 4 members (excludes halogenated alkanes) is 1. The van der Waals surface area contributed by atoms with Gasteiger partial charge in [0.05, 0.1) is 17.3 Å². The molecule has 3 rings (SSSR count). The van der Waals surface area contributed by atoms with Crippen LogP contribution in [0.15, 0.2) is 66.3 Å². The molecule has 10 nitrogen and oxygen atoms in total. The van der Waals surface area contributed by atoms with Gasteiger partial charge in [-0.3, -0.25) is 9.78 Å². The minimum absolute atomic E-state index is 0.0192. The van der Waals surface area contributed by atoms with Gasteiger partial charge in [-0.05, 0) is 61.2 Å². The monoisotopic (exact) mass is 625 g/mol. The van der Waals surface area contributed by atoms with Crippen LogP contribution in [0.2, 0.25) is 5.02 Å². The quantitative estimate of drug-likeness (QED) is 0.120. The number of aromatic nitrogens is 3. The number of halogens is 4. The maximum atomic E-state index is 12.0. The second-order valence-electron chi connectivity index (χ2n) is 8.55. The Morgan fingerprint density at radius 2 is 1.93 bits per heavy atom. The van der Waals surface area contributed by atoms with Gasteiger partial charge in [-0.2, -0.15) is 0 Å². The molecular formula is C27H31ClF3N7O3S. The number of nitrogens with two attached hydrogens (primary N) is 2. The van der Waals surface area contributed by atoms with Gasteiger partial charge in [0, 0.05) is 37.5 Å². The lowest BCUT2D eigenvalue weighted by Gasteiger charge is -2.10. The molecule has 0 aliphatic heterocycles. The average molecular weight is 626 g/mol. The fourth-order valence-corrected chi connectivity index (χ4v) is 4.13. The lowest BCUT2D eigenvalue weighted by atomic mass is 10.1. The van der Waals surface area contributed by atoms with Crippen molar-refractivity contribution in [3.8, 4) is 5.75 Å². The summed E-state index contributed by atoms with van der Waals surface area (Å²) in [5, 5.41) is 15.0. The molecule has 42 heavy (non-hydrogen) atoms. The molecule has 2 heterocycles. The summed E-state index contributed by atoms with van der Waals surface area (Å²) < 4.78 is 39.3. The van der Waals surface area contributed by atoms with E-state index in [1.54, 1.807) is 19.3 Å². The second-order valence-corrected chi connectivity index (χ2v) is 10.0. The predicted molar refractivity (Wildman–Crippen MR) is 156 cm³/mol. The van der Waals surface area contributed by atoms with Crippen LogP contribution in [0, 0.1) is 0 Å². The van der Waals surface area contributed by atoms with Gasteiger partial charge in [-0.25, -0.2) is 0 Å². The van der Waals surface area contributed by atoms with Crippen LogP contribution in [0.1, 0.15) is 35.5 Å². The van der Waals surface area contributed by atoms with E-state index in [1.807, 2.05) is 24.3 Å². The molecule has 6 N–H and O–H groups in total. The number of anilines is 1. The van der Waals surface area contributed by atoms with Gasteiger partial charge in [0.15, 0.2) is 0 Å². The fourth-order valence-electron chi connectivity index (χ4n) is 3.18. The van der Waals surface area contributed by atoms with Crippen molar-refractivity contribution in [3.63, 3.8) is 0 Å². The summed E-state index contributed by atoms with van der Waals surface area (Å²) in [6.45, 7) is 0. The Morgan fingerprint density at radius 1 is 1.14 bits per heavy atom. The van der Waals surface area contributed by atoms with Gasteiger partial charge in [0.25, 0.3) is 0 Å². The second kappa shape index (κ2) is 17.6. The highest BCUT2D eigenvalue weighted by Crippen LogP contribution is 2.30. The van der Waals surface area contributed by atoms with Crippen LogP contribution < -0.4 is 26.8 Å². The first kappa shape index (κ1) is 34.0. The van der Waals surface area contributed by atoms with E-state index in [-0.39, 0.29) is 23.8 Å². The number of amides is 1. The van der Waals surface area contributed by atoms with Crippen molar-refractivity contribution >= 4 is 40.3 Å². The zero-order valence-corrected chi connectivity index (χ0v) is 24.2. The van der Waals surface area contributed by atoms with Crippen molar-refractivity contribution < 1.29 is 27.5 Å². The number of pyridine rings is 1. The molecule has 1 amide bonds. The highest BCUT2D eigenvalue weighted by molar-refractivity contribution is 7.15. The van der Waals surface area contributed by atoms with E-state index in [4.69, 9.17) is 23.1 Å².